The summed E-state index contributed by atoms with van der Waals surface area (Å²) in [7, 11) is 0. The van der Waals surface area contributed by atoms with Crippen LogP contribution in [-0.4, -0.2) is 47.4 Å². The quantitative estimate of drug-likeness (QED) is 0.793. The molecule has 0 bridgehead atoms. The fourth-order valence-corrected chi connectivity index (χ4v) is 3.37. The van der Waals surface area contributed by atoms with Gasteiger partial charge < -0.3 is 4.90 Å². The van der Waals surface area contributed by atoms with Crippen molar-refractivity contribution in [2.75, 3.05) is 26.2 Å². The number of nitriles is 1. The van der Waals surface area contributed by atoms with Gasteiger partial charge in [0.15, 0.2) is 0 Å². The Balaban J connectivity index is 1.73. The molecule has 20 heavy (non-hydrogen) atoms. The van der Waals surface area contributed by atoms with Crippen molar-refractivity contribution in [1.29, 1.82) is 5.26 Å². The lowest BCUT2D eigenvalue weighted by Gasteiger charge is -2.40. The Bertz CT molecular complexity index is 372. The van der Waals surface area contributed by atoms with Gasteiger partial charge in [-0.25, -0.2) is 0 Å². The van der Waals surface area contributed by atoms with E-state index in [9.17, 15) is 4.79 Å². The summed E-state index contributed by atoms with van der Waals surface area (Å²) in [4.78, 5) is 16.4. The maximum Gasteiger partial charge on any atom is 0.222 e. The van der Waals surface area contributed by atoms with Crippen LogP contribution in [0.4, 0.5) is 0 Å². The second kappa shape index (κ2) is 6.58. The van der Waals surface area contributed by atoms with Gasteiger partial charge in [-0.15, -0.1) is 0 Å². The second-order valence-electron chi connectivity index (χ2n) is 6.73. The average molecular weight is 277 g/mol. The van der Waals surface area contributed by atoms with Gasteiger partial charge >= 0.3 is 0 Å². The fourth-order valence-electron chi connectivity index (χ4n) is 3.37. The van der Waals surface area contributed by atoms with E-state index in [0.717, 1.165) is 38.5 Å². The molecule has 0 aromatic rings. The molecule has 2 aliphatic rings. The van der Waals surface area contributed by atoms with Crippen LogP contribution in [0.1, 0.15) is 52.4 Å². The van der Waals surface area contributed by atoms with Gasteiger partial charge in [-0.1, -0.05) is 25.7 Å². The number of carbonyl (C=O) groups is 1. The molecular formula is C16H27N3O. The number of nitrogens with zero attached hydrogens (tertiary/aromatic N) is 3. The first kappa shape index (κ1) is 15.3. The number of rotatable bonds is 4. The van der Waals surface area contributed by atoms with Gasteiger partial charge in [0.2, 0.25) is 5.91 Å². The molecule has 112 valence electrons. The zero-order chi connectivity index (χ0) is 14.6. The van der Waals surface area contributed by atoms with Crippen LogP contribution in [0, 0.1) is 17.2 Å². The van der Waals surface area contributed by atoms with Crippen molar-refractivity contribution in [1.82, 2.24) is 9.80 Å². The van der Waals surface area contributed by atoms with E-state index in [4.69, 9.17) is 5.26 Å². The van der Waals surface area contributed by atoms with Crippen molar-refractivity contribution in [3.63, 3.8) is 0 Å². The molecule has 0 N–H and O–H groups in total. The second-order valence-corrected chi connectivity index (χ2v) is 6.73. The van der Waals surface area contributed by atoms with Crippen molar-refractivity contribution >= 4 is 5.91 Å². The zero-order valence-electron chi connectivity index (χ0n) is 12.9. The minimum absolute atomic E-state index is 0.311. The van der Waals surface area contributed by atoms with Gasteiger partial charge in [-0.3, -0.25) is 9.69 Å². The Hall–Kier alpha value is -1.08. The minimum Gasteiger partial charge on any atom is -0.340 e. The molecule has 1 aliphatic heterocycles. The first-order chi connectivity index (χ1) is 9.53. The van der Waals surface area contributed by atoms with E-state index >= 15 is 0 Å². The lowest BCUT2D eigenvalue weighted by Crippen LogP contribution is -2.55. The van der Waals surface area contributed by atoms with E-state index in [1.807, 2.05) is 18.7 Å². The molecule has 2 rings (SSSR count). The van der Waals surface area contributed by atoms with E-state index in [1.54, 1.807) is 0 Å². The van der Waals surface area contributed by atoms with Crippen LogP contribution in [0.2, 0.25) is 0 Å². The SMILES string of the molecule is CC(C)(C#N)N1CCN(C(=O)CCC2CCCC2)CC1. The summed E-state index contributed by atoms with van der Waals surface area (Å²) in [5.74, 6) is 1.10. The minimum atomic E-state index is -0.418. The molecule has 1 saturated carbocycles. The predicted molar refractivity (Wildman–Crippen MR) is 79.0 cm³/mol. The molecular weight excluding hydrogens is 250 g/mol. The topological polar surface area (TPSA) is 47.3 Å². The Labute approximate surface area is 122 Å². The number of piperazine rings is 1. The normalized spacial score (nSPS) is 21.9. The van der Waals surface area contributed by atoms with E-state index in [-0.39, 0.29) is 0 Å². The van der Waals surface area contributed by atoms with Crippen LogP contribution < -0.4 is 0 Å². The molecule has 2 fully saturated rings. The largest absolute Gasteiger partial charge is 0.340 e. The Morgan fingerprint density at radius 2 is 1.80 bits per heavy atom. The Morgan fingerprint density at radius 3 is 2.35 bits per heavy atom. The zero-order valence-corrected chi connectivity index (χ0v) is 12.9. The highest BCUT2D eigenvalue weighted by Crippen LogP contribution is 2.28. The summed E-state index contributed by atoms with van der Waals surface area (Å²) in [6.07, 6.45) is 7.12. The lowest BCUT2D eigenvalue weighted by atomic mass is 10.0. The van der Waals surface area contributed by atoms with E-state index in [1.165, 1.54) is 25.7 Å². The van der Waals surface area contributed by atoms with E-state index < -0.39 is 5.54 Å². The highest BCUT2D eigenvalue weighted by atomic mass is 16.2. The standard InChI is InChI=1S/C16H27N3O/c1-16(2,13-17)19-11-9-18(10-12-19)15(20)8-7-14-5-3-4-6-14/h14H,3-12H2,1-2H3. The highest BCUT2D eigenvalue weighted by Gasteiger charge is 2.31. The van der Waals surface area contributed by atoms with Gasteiger partial charge in [0.05, 0.1) is 6.07 Å². The third-order valence-electron chi connectivity index (χ3n) is 4.94. The van der Waals surface area contributed by atoms with Crippen LogP contribution >= 0.6 is 0 Å². The van der Waals surface area contributed by atoms with Gasteiger partial charge in [-0.2, -0.15) is 5.26 Å². The molecule has 1 aliphatic carbocycles. The van der Waals surface area contributed by atoms with E-state index in [2.05, 4.69) is 11.0 Å². The molecule has 1 saturated heterocycles. The number of hydrogen-bond acceptors (Lipinski definition) is 3. The summed E-state index contributed by atoms with van der Waals surface area (Å²) in [6, 6.07) is 2.34. The molecule has 1 heterocycles. The monoisotopic (exact) mass is 277 g/mol. The fraction of sp³-hybridized carbons (Fsp3) is 0.875. The average Bonchev–Trinajstić information content (AvgIpc) is 2.98. The van der Waals surface area contributed by atoms with E-state index in [0.29, 0.717) is 12.3 Å². The lowest BCUT2D eigenvalue weighted by molar-refractivity contribution is -0.133. The van der Waals surface area contributed by atoms with Gasteiger partial charge in [-0.05, 0) is 26.2 Å². The van der Waals surface area contributed by atoms with Crippen molar-refractivity contribution in [3.05, 3.63) is 0 Å². The van der Waals surface area contributed by atoms with Gasteiger partial charge in [0, 0.05) is 32.6 Å². The predicted octanol–water partition coefficient (Wildman–Crippen LogP) is 2.40. The molecule has 0 aromatic carbocycles. The van der Waals surface area contributed by atoms with Crippen molar-refractivity contribution in [2.45, 2.75) is 57.9 Å². The summed E-state index contributed by atoms with van der Waals surface area (Å²) < 4.78 is 0. The van der Waals surface area contributed by atoms with Gasteiger partial charge in [0.25, 0.3) is 0 Å². The van der Waals surface area contributed by atoms with Crippen molar-refractivity contribution in [2.24, 2.45) is 5.92 Å². The maximum absolute atomic E-state index is 12.2. The third kappa shape index (κ3) is 3.73. The van der Waals surface area contributed by atoms with Crippen LogP contribution in [0.3, 0.4) is 0 Å². The number of amides is 1. The molecule has 4 nitrogen and oxygen atoms in total. The van der Waals surface area contributed by atoms with Crippen LogP contribution in [0.15, 0.2) is 0 Å². The molecule has 0 unspecified atom stereocenters. The smallest absolute Gasteiger partial charge is 0.222 e. The summed E-state index contributed by atoms with van der Waals surface area (Å²) in [5.41, 5.74) is -0.418. The molecule has 0 spiro atoms. The first-order valence-electron chi connectivity index (χ1n) is 7.97. The molecule has 4 heteroatoms. The van der Waals surface area contributed by atoms with Crippen LogP contribution in [0.5, 0.6) is 0 Å². The van der Waals surface area contributed by atoms with Crippen LogP contribution in [-0.2, 0) is 4.79 Å². The molecule has 0 aromatic heterocycles. The Kier molecular flexibility index (Phi) is 5.04. The van der Waals surface area contributed by atoms with Crippen molar-refractivity contribution in [3.8, 4) is 6.07 Å². The highest BCUT2D eigenvalue weighted by molar-refractivity contribution is 5.76. The molecule has 1 amide bonds. The third-order valence-corrected chi connectivity index (χ3v) is 4.94. The van der Waals surface area contributed by atoms with Gasteiger partial charge in [0.1, 0.15) is 5.54 Å². The summed E-state index contributed by atoms with van der Waals surface area (Å²) in [5, 5.41) is 9.15. The summed E-state index contributed by atoms with van der Waals surface area (Å²) in [6.45, 7) is 7.07. The molecule has 0 atom stereocenters. The number of carbonyl (C=O) groups excluding carboxylic acids is 1. The van der Waals surface area contributed by atoms with Crippen molar-refractivity contribution < 1.29 is 4.79 Å². The number of hydrogen-bond donors (Lipinski definition) is 0. The Morgan fingerprint density at radius 1 is 1.20 bits per heavy atom. The van der Waals surface area contributed by atoms with Crippen LogP contribution in [0.25, 0.3) is 0 Å². The summed E-state index contributed by atoms with van der Waals surface area (Å²) >= 11 is 0. The molecule has 0 radical (unpaired) electrons. The maximum atomic E-state index is 12.2. The first-order valence-corrected chi connectivity index (χ1v) is 7.97.